The molecule has 2 amide bonds. The van der Waals surface area contributed by atoms with Gasteiger partial charge in [-0.2, -0.15) is 0 Å². The Bertz CT molecular complexity index is 964. The number of benzene rings is 2. The van der Waals surface area contributed by atoms with Gasteiger partial charge in [0.2, 0.25) is 0 Å². The van der Waals surface area contributed by atoms with Crippen LogP contribution in [0.4, 0.5) is 11.5 Å². The summed E-state index contributed by atoms with van der Waals surface area (Å²) in [4.78, 5) is 28.9. The molecule has 0 unspecified atom stereocenters. The molecule has 4 rings (SSSR count). The predicted octanol–water partition coefficient (Wildman–Crippen LogP) is 3.28. The smallest absolute Gasteiger partial charge is 0.265 e. The maximum atomic E-state index is 12.5. The maximum absolute atomic E-state index is 12.5. The van der Waals surface area contributed by atoms with E-state index in [0.29, 0.717) is 23.5 Å². The highest BCUT2D eigenvalue weighted by Gasteiger charge is 2.28. The zero-order valence-corrected chi connectivity index (χ0v) is 14.4. The average Bonchev–Trinajstić information content (AvgIpc) is 3.13. The fourth-order valence-corrected chi connectivity index (χ4v) is 2.91. The molecule has 0 bridgehead atoms. The Morgan fingerprint density at radius 2 is 1.81 bits per heavy atom. The number of rotatable bonds is 4. The number of hydrogen-bond acceptors (Lipinski definition) is 4. The van der Waals surface area contributed by atoms with Crippen molar-refractivity contribution in [1.29, 1.82) is 0 Å². The summed E-state index contributed by atoms with van der Waals surface area (Å²) in [6.07, 6.45) is 1.56. The van der Waals surface area contributed by atoms with Crippen LogP contribution >= 0.6 is 0 Å². The number of pyridine rings is 1. The van der Waals surface area contributed by atoms with Gasteiger partial charge in [0.05, 0.1) is 0 Å². The predicted molar refractivity (Wildman–Crippen MR) is 102 cm³/mol. The van der Waals surface area contributed by atoms with Gasteiger partial charge in [-0.1, -0.05) is 30.3 Å². The molecule has 134 valence electrons. The van der Waals surface area contributed by atoms with Gasteiger partial charge >= 0.3 is 0 Å². The van der Waals surface area contributed by atoms with E-state index in [1.54, 1.807) is 48.7 Å². The number of nitrogens with one attached hydrogen (secondary N) is 2. The van der Waals surface area contributed by atoms with Gasteiger partial charge in [-0.25, -0.2) is 4.98 Å². The monoisotopic (exact) mass is 359 g/mol. The lowest BCUT2D eigenvalue weighted by Crippen LogP contribution is -2.31. The molecule has 0 saturated carbocycles. The summed E-state index contributed by atoms with van der Waals surface area (Å²) in [6.45, 7) is 0. The highest BCUT2D eigenvalue weighted by molar-refractivity contribution is 6.05. The molecule has 0 saturated heterocycles. The molecule has 1 aromatic heterocycles. The minimum Gasteiger partial charge on any atom is -0.480 e. The molecule has 0 aliphatic carbocycles. The summed E-state index contributed by atoms with van der Waals surface area (Å²) in [6, 6.07) is 19.6. The van der Waals surface area contributed by atoms with E-state index in [9.17, 15) is 9.59 Å². The molecule has 27 heavy (non-hydrogen) atoms. The third-order valence-corrected chi connectivity index (χ3v) is 4.24. The van der Waals surface area contributed by atoms with Gasteiger partial charge in [0.1, 0.15) is 11.6 Å². The summed E-state index contributed by atoms with van der Waals surface area (Å²) in [5, 5.41) is 5.54. The highest BCUT2D eigenvalue weighted by atomic mass is 16.5. The van der Waals surface area contributed by atoms with E-state index in [2.05, 4.69) is 15.6 Å². The number of amides is 2. The van der Waals surface area contributed by atoms with E-state index in [4.69, 9.17) is 4.74 Å². The van der Waals surface area contributed by atoms with Crippen molar-refractivity contribution in [2.45, 2.75) is 12.5 Å². The number of carbonyl (C=O) groups excluding carboxylic acids is 2. The van der Waals surface area contributed by atoms with Crippen LogP contribution in [-0.2, 0) is 11.2 Å². The summed E-state index contributed by atoms with van der Waals surface area (Å²) in [5.74, 6) is 0.665. The van der Waals surface area contributed by atoms with E-state index >= 15 is 0 Å². The van der Waals surface area contributed by atoms with Crippen molar-refractivity contribution in [1.82, 2.24) is 4.98 Å². The lowest BCUT2D eigenvalue weighted by Gasteiger charge is -2.12. The van der Waals surface area contributed by atoms with Gasteiger partial charge in [0.25, 0.3) is 11.8 Å². The number of para-hydroxylation sites is 1. The quantitative estimate of drug-likeness (QED) is 0.749. The molecule has 1 aliphatic heterocycles. The Balaban J connectivity index is 1.42. The number of ether oxygens (including phenoxy) is 1. The van der Waals surface area contributed by atoms with Crippen LogP contribution in [0.15, 0.2) is 72.9 Å². The van der Waals surface area contributed by atoms with Crippen molar-refractivity contribution in [2.24, 2.45) is 0 Å². The largest absolute Gasteiger partial charge is 0.480 e. The number of anilines is 2. The van der Waals surface area contributed by atoms with E-state index in [1.165, 1.54) is 0 Å². The van der Waals surface area contributed by atoms with Crippen molar-refractivity contribution in [3.8, 4) is 5.75 Å². The molecular formula is C21H17N3O3. The summed E-state index contributed by atoms with van der Waals surface area (Å²) >= 11 is 0. The molecule has 0 fully saturated rings. The van der Waals surface area contributed by atoms with Gasteiger partial charge in [0.15, 0.2) is 6.10 Å². The van der Waals surface area contributed by atoms with E-state index in [1.807, 2.05) is 24.3 Å². The fraction of sp³-hybridized carbons (Fsp3) is 0.0952. The van der Waals surface area contributed by atoms with Crippen LogP contribution in [0.25, 0.3) is 0 Å². The summed E-state index contributed by atoms with van der Waals surface area (Å²) in [5.41, 5.74) is 1.98. The topological polar surface area (TPSA) is 80.3 Å². The Morgan fingerprint density at radius 1 is 0.963 bits per heavy atom. The molecule has 0 radical (unpaired) electrons. The van der Waals surface area contributed by atoms with Crippen LogP contribution in [0.3, 0.4) is 0 Å². The van der Waals surface area contributed by atoms with Crippen molar-refractivity contribution >= 4 is 23.3 Å². The first-order chi connectivity index (χ1) is 13.2. The molecule has 2 aromatic carbocycles. The van der Waals surface area contributed by atoms with E-state index < -0.39 is 6.10 Å². The van der Waals surface area contributed by atoms with Crippen LogP contribution in [-0.4, -0.2) is 22.9 Å². The van der Waals surface area contributed by atoms with E-state index in [-0.39, 0.29) is 11.8 Å². The van der Waals surface area contributed by atoms with Crippen LogP contribution < -0.4 is 15.4 Å². The van der Waals surface area contributed by atoms with Crippen LogP contribution in [0.1, 0.15) is 15.9 Å². The molecule has 6 heteroatoms. The molecule has 1 aliphatic rings. The zero-order valence-electron chi connectivity index (χ0n) is 14.4. The summed E-state index contributed by atoms with van der Waals surface area (Å²) in [7, 11) is 0. The van der Waals surface area contributed by atoms with Crippen LogP contribution in [0, 0.1) is 0 Å². The molecule has 2 heterocycles. The fourth-order valence-electron chi connectivity index (χ4n) is 2.91. The van der Waals surface area contributed by atoms with Gasteiger partial charge in [0, 0.05) is 23.9 Å². The number of carbonyl (C=O) groups is 2. The summed E-state index contributed by atoms with van der Waals surface area (Å²) < 4.78 is 5.70. The average molecular weight is 359 g/mol. The minimum atomic E-state index is -0.576. The Kier molecular flexibility index (Phi) is 4.53. The lowest BCUT2D eigenvalue weighted by molar-refractivity contribution is -0.122. The van der Waals surface area contributed by atoms with Gasteiger partial charge in [-0.3, -0.25) is 9.59 Å². The Hall–Kier alpha value is -3.67. The second-order valence-corrected chi connectivity index (χ2v) is 6.16. The number of fused-ring (bicyclic) bond motifs is 1. The lowest BCUT2D eigenvalue weighted by atomic mass is 10.1. The second-order valence-electron chi connectivity index (χ2n) is 6.16. The highest BCUT2D eigenvalue weighted by Crippen LogP contribution is 2.28. The Morgan fingerprint density at radius 3 is 2.63 bits per heavy atom. The number of aromatic nitrogens is 1. The maximum Gasteiger partial charge on any atom is 0.265 e. The van der Waals surface area contributed by atoms with Crippen molar-refractivity contribution in [3.63, 3.8) is 0 Å². The normalized spacial score (nSPS) is 14.7. The molecular weight excluding hydrogens is 342 g/mol. The number of hydrogen-bond donors (Lipinski definition) is 2. The van der Waals surface area contributed by atoms with Crippen LogP contribution in [0.2, 0.25) is 0 Å². The third-order valence-electron chi connectivity index (χ3n) is 4.24. The van der Waals surface area contributed by atoms with Crippen LogP contribution in [0.5, 0.6) is 5.75 Å². The minimum absolute atomic E-state index is 0.242. The first-order valence-electron chi connectivity index (χ1n) is 8.57. The van der Waals surface area contributed by atoms with Gasteiger partial charge < -0.3 is 15.4 Å². The standard InChI is InChI=1S/C21H17N3O3/c25-20(24-19-10-3-4-11-22-19)15-7-5-8-16(12-15)23-21(26)18-13-14-6-1-2-9-17(14)27-18/h1-12,18H,13H2,(H,23,26)(H,22,24,25)/t18-/m1/s1. The molecule has 1 atom stereocenters. The van der Waals surface area contributed by atoms with Crippen molar-refractivity contribution in [3.05, 3.63) is 84.1 Å². The first kappa shape index (κ1) is 16.8. The zero-order chi connectivity index (χ0) is 18.6. The molecule has 2 N–H and O–H groups in total. The number of nitrogens with zero attached hydrogens (tertiary/aromatic N) is 1. The molecule has 0 spiro atoms. The van der Waals surface area contributed by atoms with Crippen molar-refractivity contribution in [2.75, 3.05) is 10.6 Å². The Labute approximate surface area is 156 Å². The van der Waals surface area contributed by atoms with Crippen molar-refractivity contribution < 1.29 is 14.3 Å². The van der Waals surface area contributed by atoms with E-state index in [0.717, 1.165) is 11.3 Å². The first-order valence-corrected chi connectivity index (χ1v) is 8.57. The molecule has 6 nitrogen and oxygen atoms in total. The van der Waals surface area contributed by atoms with Gasteiger partial charge in [-0.15, -0.1) is 0 Å². The van der Waals surface area contributed by atoms with Gasteiger partial charge in [-0.05, 0) is 42.0 Å². The molecule has 3 aromatic rings. The SMILES string of the molecule is O=C(Nc1ccccn1)c1cccc(NC(=O)[C@H]2Cc3ccccc3O2)c1. The second kappa shape index (κ2) is 7.29. The third kappa shape index (κ3) is 3.79.